The lowest BCUT2D eigenvalue weighted by molar-refractivity contribution is 0.131. The van der Waals surface area contributed by atoms with Gasteiger partial charge in [-0.05, 0) is 42.7 Å². The summed E-state index contributed by atoms with van der Waals surface area (Å²) in [5, 5.41) is 1.40. The third-order valence-corrected chi connectivity index (χ3v) is 8.97. The van der Waals surface area contributed by atoms with E-state index in [1.54, 1.807) is 7.11 Å². The number of H-pyrrole nitrogens is 1. The second-order valence-electron chi connectivity index (χ2n) is 9.77. The number of hydrogen-bond donors (Lipinski definition) is 2. The number of nitrogens with zero attached hydrogens (tertiary/aromatic N) is 4. The molecule has 1 atom stereocenters. The Balaban J connectivity index is 1.14. The first-order valence-corrected chi connectivity index (χ1v) is 13.6. The van der Waals surface area contributed by atoms with Crippen LogP contribution in [0.15, 0.2) is 58.7 Å². The molecule has 3 N–H and O–H groups in total. The van der Waals surface area contributed by atoms with Crippen LogP contribution >= 0.6 is 23.4 Å². The number of methoxy groups -OCH3 is 1. The fourth-order valence-electron chi connectivity index (χ4n) is 5.22. The molecule has 0 bridgehead atoms. The minimum atomic E-state index is 0.120. The predicted molar refractivity (Wildman–Crippen MR) is 146 cm³/mol. The van der Waals surface area contributed by atoms with Crippen molar-refractivity contribution in [2.75, 3.05) is 38.3 Å². The summed E-state index contributed by atoms with van der Waals surface area (Å²) < 4.78 is 11.0. The highest BCUT2D eigenvalue weighted by atomic mass is 35.5. The van der Waals surface area contributed by atoms with E-state index >= 15 is 0 Å². The van der Waals surface area contributed by atoms with Gasteiger partial charge >= 0.3 is 0 Å². The van der Waals surface area contributed by atoms with E-state index in [4.69, 9.17) is 36.8 Å². The van der Waals surface area contributed by atoms with Gasteiger partial charge in [0.1, 0.15) is 27.9 Å². The molecule has 2 aliphatic rings. The van der Waals surface area contributed by atoms with Crippen molar-refractivity contribution in [1.29, 1.82) is 0 Å². The number of aromatic amines is 1. The van der Waals surface area contributed by atoms with Crippen LogP contribution < -0.4 is 15.4 Å². The number of fused-ring (bicyclic) bond motifs is 1. The quantitative estimate of drug-likeness (QED) is 0.365. The van der Waals surface area contributed by atoms with Crippen molar-refractivity contribution in [3.63, 3.8) is 0 Å². The first-order valence-electron chi connectivity index (χ1n) is 12.4. The van der Waals surface area contributed by atoms with Crippen molar-refractivity contribution >= 4 is 40.2 Å². The van der Waals surface area contributed by atoms with E-state index in [0.717, 1.165) is 76.4 Å². The molecule has 8 nitrogen and oxygen atoms in total. The van der Waals surface area contributed by atoms with Crippen LogP contribution in [-0.4, -0.2) is 59.4 Å². The topological polar surface area (TPSA) is 102 Å². The first kappa shape index (κ1) is 24.5. The summed E-state index contributed by atoms with van der Waals surface area (Å²) in [6.07, 6.45) is 6.36. The monoisotopic (exact) mass is 536 g/mol. The molecule has 4 heterocycles. The number of aromatic nitrogens is 4. The minimum Gasteiger partial charge on any atom is -0.497 e. The van der Waals surface area contributed by atoms with Gasteiger partial charge in [0.2, 0.25) is 0 Å². The number of nitrogens with one attached hydrogen (secondary N) is 1. The fraction of sp³-hybridized carbons (Fsp3) is 0.370. The maximum atomic E-state index is 6.78. The number of piperidine rings is 1. The Labute approximate surface area is 224 Å². The summed E-state index contributed by atoms with van der Waals surface area (Å²) >= 11 is 8.27. The molecule has 10 heteroatoms. The summed E-state index contributed by atoms with van der Waals surface area (Å²) in [4.78, 5) is 20.7. The van der Waals surface area contributed by atoms with Crippen LogP contribution in [0.4, 0.5) is 5.82 Å². The molecular weight excluding hydrogens is 508 g/mol. The molecule has 2 fully saturated rings. The second-order valence-corrected chi connectivity index (χ2v) is 11.2. The predicted octanol–water partition coefficient (Wildman–Crippen LogP) is 4.70. The zero-order chi connectivity index (χ0) is 25.4. The normalized spacial score (nSPS) is 19.1. The van der Waals surface area contributed by atoms with Gasteiger partial charge in [-0.1, -0.05) is 35.5 Å². The van der Waals surface area contributed by atoms with Crippen LogP contribution in [-0.2, 0) is 11.2 Å². The van der Waals surface area contributed by atoms with Crippen LogP contribution in [0.25, 0.3) is 11.0 Å². The number of anilines is 1. The Hall–Kier alpha value is -2.85. The summed E-state index contributed by atoms with van der Waals surface area (Å²) in [5.41, 5.74) is 9.21. The van der Waals surface area contributed by atoms with Gasteiger partial charge in [0.15, 0.2) is 0 Å². The molecule has 192 valence electrons. The molecule has 0 saturated carbocycles. The van der Waals surface area contributed by atoms with Crippen molar-refractivity contribution in [1.82, 2.24) is 19.9 Å². The Morgan fingerprint density at radius 3 is 2.81 bits per heavy atom. The molecule has 2 saturated heterocycles. The maximum absolute atomic E-state index is 6.78. The number of halogens is 1. The van der Waals surface area contributed by atoms with E-state index in [1.165, 1.54) is 11.8 Å². The molecule has 4 aromatic rings. The Morgan fingerprint density at radius 1 is 1.22 bits per heavy atom. The molecule has 0 unspecified atom stereocenters. The average molecular weight is 537 g/mol. The Morgan fingerprint density at radius 2 is 2.08 bits per heavy atom. The standard InChI is InChI=1S/C27H29ClN6O2S/c1-35-18-4-2-3-17(11-18)12-22-32-19-5-6-20(25(28)26(19)33-22)37-24-14-30-23(13-31-24)34-9-7-27(8-10-34)16-36-15-21(27)29/h2-6,11,13-14,21H,7-10,12,15-16,29H2,1H3,(H,32,33)/t21-/m1/s1. The van der Waals surface area contributed by atoms with Crippen LogP contribution in [0.3, 0.4) is 0 Å². The van der Waals surface area contributed by atoms with Gasteiger partial charge in [-0.25, -0.2) is 15.0 Å². The van der Waals surface area contributed by atoms with Crippen LogP contribution in [0.1, 0.15) is 24.2 Å². The molecular formula is C27H29ClN6O2S. The first-order chi connectivity index (χ1) is 18.0. The summed E-state index contributed by atoms with van der Waals surface area (Å²) in [7, 11) is 1.67. The number of nitrogens with two attached hydrogens (primary N) is 1. The minimum absolute atomic E-state index is 0.120. The SMILES string of the molecule is COc1cccc(Cc2nc3c(Cl)c(Sc4cnc(N5CCC6(CC5)COC[C@H]6N)cn4)ccc3[nH]2)c1. The zero-order valence-corrected chi connectivity index (χ0v) is 22.2. The van der Waals surface area contributed by atoms with Gasteiger partial charge in [0.25, 0.3) is 0 Å². The number of benzene rings is 2. The van der Waals surface area contributed by atoms with Gasteiger partial charge < -0.3 is 25.1 Å². The zero-order valence-electron chi connectivity index (χ0n) is 20.6. The third kappa shape index (κ3) is 4.88. The van der Waals surface area contributed by atoms with E-state index in [-0.39, 0.29) is 11.5 Å². The number of rotatable bonds is 6. The van der Waals surface area contributed by atoms with Crippen molar-refractivity contribution in [2.24, 2.45) is 11.1 Å². The van der Waals surface area contributed by atoms with E-state index < -0.39 is 0 Å². The van der Waals surface area contributed by atoms with Crippen molar-refractivity contribution in [2.45, 2.75) is 35.2 Å². The molecule has 0 amide bonds. The molecule has 2 aliphatic heterocycles. The third-order valence-electron chi connectivity index (χ3n) is 7.50. The molecule has 2 aromatic carbocycles. The molecule has 1 spiro atoms. The number of imidazole rings is 1. The molecule has 6 rings (SSSR count). The van der Waals surface area contributed by atoms with E-state index in [1.807, 2.05) is 42.7 Å². The molecule has 37 heavy (non-hydrogen) atoms. The molecule has 2 aromatic heterocycles. The van der Waals surface area contributed by atoms with Gasteiger partial charge in [-0.2, -0.15) is 0 Å². The Kier molecular flexibility index (Phi) is 6.71. The molecule has 0 aliphatic carbocycles. The second kappa shape index (κ2) is 10.1. The average Bonchev–Trinajstić information content (AvgIpc) is 3.50. The van der Waals surface area contributed by atoms with E-state index in [9.17, 15) is 0 Å². The maximum Gasteiger partial charge on any atom is 0.147 e. The van der Waals surface area contributed by atoms with Gasteiger partial charge in [-0.3, -0.25) is 0 Å². The number of hydrogen-bond acceptors (Lipinski definition) is 8. The summed E-state index contributed by atoms with van der Waals surface area (Å²) in [5.74, 6) is 2.57. The van der Waals surface area contributed by atoms with Crippen molar-refractivity contribution in [3.8, 4) is 5.75 Å². The van der Waals surface area contributed by atoms with Gasteiger partial charge in [0, 0.05) is 35.9 Å². The van der Waals surface area contributed by atoms with Gasteiger partial charge in [0.05, 0.1) is 43.3 Å². The molecule has 0 radical (unpaired) electrons. The summed E-state index contributed by atoms with van der Waals surface area (Å²) in [6, 6.07) is 12.1. The number of ether oxygens (including phenoxy) is 2. The van der Waals surface area contributed by atoms with Gasteiger partial charge in [-0.15, -0.1) is 0 Å². The fourth-order valence-corrected chi connectivity index (χ4v) is 6.30. The van der Waals surface area contributed by atoms with Crippen LogP contribution in [0.2, 0.25) is 5.02 Å². The van der Waals surface area contributed by atoms with E-state index in [2.05, 4.69) is 20.9 Å². The lowest BCUT2D eigenvalue weighted by Crippen LogP contribution is -2.49. The smallest absolute Gasteiger partial charge is 0.147 e. The largest absolute Gasteiger partial charge is 0.497 e. The lowest BCUT2D eigenvalue weighted by atomic mass is 9.75. The highest BCUT2D eigenvalue weighted by Gasteiger charge is 2.44. The van der Waals surface area contributed by atoms with E-state index in [0.29, 0.717) is 18.1 Å². The summed E-state index contributed by atoms with van der Waals surface area (Å²) in [6.45, 7) is 3.27. The highest BCUT2D eigenvalue weighted by Crippen LogP contribution is 2.40. The highest BCUT2D eigenvalue weighted by molar-refractivity contribution is 7.99. The van der Waals surface area contributed by atoms with Crippen LogP contribution in [0, 0.1) is 5.41 Å². The van der Waals surface area contributed by atoms with Crippen LogP contribution in [0.5, 0.6) is 5.75 Å². The lowest BCUT2D eigenvalue weighted by Gasteiger charge is -2.41. The van der Waals surface area contributed by atoms with Crippen molar-refractivity contribution < 1.29 is 9.47 Å². The van der Waals surface area contributed by atoms with Crippen molar-refractivity contribution in [3.05, 3.63) is 65.2 Å². The Bertz CT molecular complexity index is 1400.